The largest absolute Gasteiger partial charge is 0.377 e. The summed E-state index contributed by atoms with van der Waals surface area (Å²) in [5.41, 5.74) is 0.741. The molecule has 0 atom stereocenters. The van der Waals surface area contributed by atoms with Crippen LogP contribution in [0.1, 0.15) is 0 Å². The van der Waals surface area contributed by atoms with Gasteiger partial charge >= 0.3 is 0 Å². The van der Waals surface area contributed by atoms with Crippen LogP contribution in [0.3, 0.4) is 0 Å². The molecule has 3 nitrogen and oxygen atoms in total. The third kappa shape index (κ3) is 1.83. The highest BCUT2D eigenvalue weighted by molar-refractivity contribution is 5.96. The second-order valence-corrected chi connectivity index (χ2v) is 2.49. The molecule has 1 aliphatic heterocycles. The molecule has 0 unspecified atom stereocenters. The van der Waals surface area contributed by atoms with E-state index >= 15 is 0 Å². The Balaban J connectivity index is 2.63. The van der Waals surface area contributed by atoms with Crippen molar-refractivity contribution in [1.29, 1.82) is 0 Å². The van der Waals surface area contributed by atoms with Crippen molar-refractivity contribution in [2.24, 2.45) is 0 Å². The van der Waals surface area contributed by atoms with E-state index in [-0.39, 0.29) is 5.91 Å². The molecule has 0 saturated carbocycles. The molecule has 0 radical (unpaired) electrons. The summed E-state index contributed by atoms with van der Waals surface area (Å²) < 4.78 is 0. The molecule has 0 aliphatic carbocycles. The van der Waals surface area contributed by atoms with Crippen molar-refractivity contribution >= 4 is 5.91 Å². The van der Waals surface area contributed by atoms with Crippen LogP contribution >= 0.6 is 0 Å². The highest BCUT2D eigenvalue weighted by atomic mass is 16.1. The number of carbonyl (C=O) groups is 1. The first-order valence-electron chi connectivity index (χ1n) is 3.54. The van der Waals surface area contributed by atoms with Gasteiger partial charge in [0.2, 0.25) is 0 Å². The Labute approximate surface area is 66.4 Å². The normalized spacial score (nSPS) is 16.2. The molecule has 60 valence electrons. The van der Waals surface area contributed by atoms with Gasteiger partial charge in [-0.25, -0.2) is 0 Å². The average molecular weight is 152 g/mol. The van der Waals surface area contributed by atoms with Crippen LogP contribution in [0.5, 0.6) is 0 Å². The SMILES string of the molecule is CNC(=O)C1=CCN(C)C=C1. The number of nitrogens with zero attached hydrogens (tertiary/aromatic N) is 1. The van der Waals surface area contributed by atoms with Crippen molar-refractivity contribution < 1.29 is 4.79 Å². The van der Waals surface area contributed by atoms with Crippen LogP contribution in [0.25, 0.3) is 0 Å². The molecule has 0 saturated heterocycles. The lowest BCUT2D eigenvalue weighted by molar-refractivity contribution is -0.116. The fourth-order valence-electron chi connectivity index (χ4n) is 0.892. The van der Waals surface area contributed by atoms with E-state index in [0.29, 0.717) is 0 Å². The Hall–Kier alpha value is -1.25. The number of hydrogen-bond donors (Lipinski definition) is 1. The van der Waals surface area contributed by atoms with Gasteiger partial charge in [-0.3, -0.25) is 4.79 Å². The lowest BCUT2D eigenvalue weighted by Crippen LogP contribution is -2.23. The first kappa shape index (κ1) is 7.85. The number of hydrogen-bond acceptors (Lipinski definition) is 2. The van der Waals surface area contributed by atoms with E-state index in [0.717, 1.165) is 12.1 Å². The van der Waals surface area contributed by atoms with Gasteiger partial charge in [-0.05, 0) is 12.3 Å². The number of carbonyl (C=O) groups excluding carboxylic acids is 1. The van der Waals surface area contributed by atoms with Gasteiger partial charge in [-0.15, -0.1) is 0 Å². The van der Waals surface area contributed by atoms with E-state index in [1.165, 1.54) is 0 Å². The topological polar surface area (TPSA) is 32.3 Å². The molecule has 11 heavy (non-hydrogen) atoms. The van der Waals surface area contributed by atoms with Gasteiger partial charge in [0.05, 0.1) is 0 Å². The highest BCUT2D eigenvalue weighted by Gasteiger charge is 2.06. The zero-order valence-corrected chi connectivity index (χ0v) is 6.79. The molecule has 0 aromatic carbocycles. The first-order valence-corrected chi connectivity index (χ1v) is 3.54. The molecular formula is C8H12N2O. The third-order valence-electron chi connectivity index (χ3n) is 1.60. The van der Waals surface area contributed by atoms with Gasteiger partial charge in [-0.1, -0.05) is 6.08 Å². The van der Waals surface area contributed by atoms with Gasteiger partial charge in [0.15, 0.2) is 0 Å². The summed E-state index contributed by atoms with van der Waals surface area (Å²) in [5.74, 6) is -0.0191. The Kier molecular flexibility index (Phi) is 2.31. The van der Waals surface area contributed by atoms with E-state index in [9.17, 15) is 4.79 Å². The Morgan fingerprint density at radius 3 is 2.91 bits per heavy atom. The van der Waals surface area contributed by atoms with Crippen molar-refractivity contribution in [1.82, 2.24) is 10.2 Å². The minimum absolute atomic E-state index is 0.0191. The van der Waals surface area contributed by atoms with E-state index in [2.05, 4.69) is 5.32 Å². The summed E-state index contributed by atoms with van der Waals surface area (Å²) >= 11 is 0. The molecule has 1 heterocycles. The Morgan fingerprint density at radius 1 is 1.73 bits per heavy atom. The third-order valence-corrected chi connectivity index (χ3v) is 1.60. The van der Waals surface area contributed by atoms with E-state index in [4.69, 9.17) is 0 Å². The smallest absolute Gasteiger partial charge is 0.250 e. The van der Waals surface area contributed by atoms with E-state index in [1.54, 1.807) is 7.05 Å². The predicted octanol–water partition coefficient (Wildman–Crippen LogP) is 0.118. The molecule has 0 spiro atoms. The summed E-state index contributed by atoms with van der Waals surface area (Å²) in [6.07, 6.45) is 5.60. The lowest BCUT2D eigenvalue weighted by Gasteiger charge is -2.15. The maximum absolute atomic E-state index is 11.0. The highest BCUT2D eigenvalue weighted by Crippen LogP contribution is 2.04. The number of likely N-dealkylation sites (N-methyl/N-ethyl adjacent to an activating group) is 2. The van der Waals surface area contributed by atoms with E-state index < -0.39 is 0 Å². The maximum atomic E-state index is 11.0. The van der Waals surface area contributed by atoms with Crippen LogP contribution in [0.15, 0.2) is 23.9 Å². The molecule has 1 aliphatic rings. The Bertz CT molecular complexity index is 218. The first-order chi connectivity index (χ1) is 5.24. The van der Waals surface area contributed by atoms with E-state index in [1.807, 2.05) is 30.3 Å². The van der Waals surface area contributed by atoms with Gasteiger partial charge in [0.25, 0.3) is 5.91 Å². The number of amides is 1. The zero-order chi connectivity index (χ0) is 8.27. The van der Waals surface area contributed by atoms with Gasteiger partial charge in [-0.2, -0.15) is 0 Å². The van der Waals surface area contributed by atoms with Gasteiger partial charge in [0, 0.05) is 26.2 Å². The summed E-state index contributed by atoms with van der Waals surface area (Å²) in [4.78, 5) is 13.0. The van der Waals surface area contributed by atoms with Crippen LogP contribution in [-0.4, -0.2) is 31.4 Å². The predicted molar refractivity (Wildman–Crippen MR) is 43.9 cm³/mol. The fourth-order valence-corrected chi connectivity index (χ4v) is 0.892. The standard InChI is InChI=1S/C8H12N2O/c1-9-8(11)7-3-5-10(2)6-4-7/h3-5H,6H2,1-2H3,(H,9,11). The van der Waals surface area contributed by atoms with Crippen LogP contribution < -0.4 is 5.32 Å². The van der Waals surface area contributed by atoms with Crippen LogP contribution in [0.2, 0.25) is 0 Å². The monoisotopic (exact) mass is 152 g/mol. The van der Waals surface area contributed by atoms with Crippen LogP contribution in [0, 0.1) is 0 Å². The van der Waals surface area contributed by atoms with Crippen molar-refractivity contribution in [3.05, 3.63) is 23.9 Å². The van der Waals surface area contributed by atoms with Crippen molar-refractivity contribution in [2.75, 3.05) is 20.6 Å². The maximum Gasteiger partial charge on any atom is 0.250 e. The number of rotatable bonds is 1. The van der Waals surface area contributed by atoms with Crippen molar-refractivity contribution in [3.8, 4) is 0 Å². The number of nitrogens with one attached hydrogen (secondary N) is 1. The van der Waals surface area contributed by atoms with Crippen molar-refractivity contribution in [3.63, 3.8) is 0 Å². The molecule has 0 aromatic rings. The Morgan fingerprint density at radius 2 is 2.45 bits per heavy atom. The summed E-state index contributed by atoms with van der Waals surface area (Å²) in [6.45, 7) is 0.805. The quantitative estimate of drug-likeness (QED) is 0.578. The molecule has 1 N–H and O–H groups in total. The van der Waals surface area contributed by atoms with Crippen molar-refractivity contribution in [2.45, 2.75) is 0 Å². The molecule has 0 bridgehead atoms. The minimum atomic E-state index is -0.0191. The molecule has 1 amide bonds. The average Bonchev–Trinajstić information content (AvgIpc) is 2.05. The summed E-state index contributed by atoms with van der Waals surface area (Å²) in [7, 11) is 3.60. The molecule has 0 aromatic heterocycles. The minimum Gasteiger partial charge on any atom is -0.377 e. The summed E-state index contributed by atoms with van der Waals surface area (Å²) in [5, 5.41) is 2.57. The van der Waals surface area contributed by atoms with Gasteiger partial charge in [0.1, 0.15) is 0 Å². The molecule has 3 heteroatoms. The van der Waals surface area contributed by atoms with Gasteiger partial charge < -0.3 is 10.2 Å². The molecular weight excluding hydrogens is 140 g/mol. The summed E-state index contributed by atoms with van der Waals surface area (Å²) in [6, 6.07) is 0. The molecule has 0 fully saturated rings. The second-order valence-electron chi connectivity index (χ2n) is 2.49. The lowest BCUT2D eigenvalue weighted by atomic mass is 10.2. The fraction of sp³-hybridized carbons (Fsp3) is 0.375. The second kappa shape index (κ2) is 3.23. The van der Waals surface area contributed by atoms with Crippen LogP contribution in [-0.2, 0) is 4.79 Å². The zero-order valence-electron chi connectivity index (χ0n) is 6.79. The van der Waals surface area contributed by atoms with Crippen LogP contribution in [0.4, 0.5) is 0 Å². The molecule has 1 rings (SSSR count).